The van der Waals surface area contributed by atoms with E-state index < -0.39 is 29.4 Å². The van der Waals surface area contributed by atoms with Gasteiger partial charge in [-0.25, -0.2) is 0 Å². The lowest BCUT2D eigenvalue weighted by Crippen LogP contribution is -2.35. The van der Waals surface area contributed by atoms with Crippen LogP contribution in [0, 0.1) is 5.41 Å². The Morgan fingerprint density at radius 3 is 2.05 bits per heavy atom. The van der Waals surface area contributed by atoms with Crippen LogP contribution in [0.2, 0.25) is 0 Å². The van der Waals surface area contributed by atoms with Gasteiger partial charge in [-0.1, -0.05) is 39.0 Å². The smallest absolute Gasteiger partial charge is 0.386 e. The second-order valence-corrected chi connectivity index (χ2v) is 5.55. The molecule has 1 rings (SSSR count). The van der Waals surface area contributed by atoms with Gasteiger partial charge in [-0.05, 0) is 17.0 Å². The minimum Gasteiger partial charge on any atom is -0.386 e. The van der Waals surface area contributed by atoms with E-state index in [9.17, 15) is 18.3 Å². The molecule has 1 aromatic carbocycles. The van der Waals surface area contributed by atoms with Crippen molar-refractivity contribution in [1.29, 1.82) is 0 Å². The summed E-state index contributed by atoms with van der Waals surface area (Å²) in [4.78, 5) is 0. The van der Waals surface area contributed by atoms with E-state index in [1.807, 2.05) is 0 Å². The van der Waals surface area contributed by atoms with Crippen LogP contribution in [0.5, 0.6) is 0 Å². The van der Waals surface area contributed by atoms with Gasteiger partial charge in [-0.15, -0.1) is 0 Å². The SMILES string of the molecule is COC(C(O)c1ccccc1C(F)(F)F)C(C)(C)C. The summed E-state index contributed by atoms with van der Waals surface area (Å²) in [7, 11) is 1.38. The number of ether oxygens (including phenoxy) is 1. The molecule has 0 fully saturated rings. The summed E-state index contributed by atoms with van der Waals surface area (Å²) < 4.78 is 43.9. The first-order valence-electron chi connectivity index (χ1n) is 5.96. The summed E-state index contributed by atoms with van der Waals surface area (Å²) in [6.07, 6.45) is -6.55. The van der Waals surface area contributed by atoms with E-state index in [0.29, 0.717) is 0 Å². The van der Waals surface area contributed by atoms with Crippen molar-refractivity contribution in [2.75, 3.05) is 7.11 Å². The van der Waals surface area contributed by atoms with E-state index in [0.717, 1.165) is 6.07 Å². The molecule has 0 heterocycles. The van der Waals surface area contributed by atoms with Crippen molar-refractivity contribution in [3.05, 3.63) is 35.4 Å². The fraction of sp³-hybridized carbons (Fsp3) is 0.571. The molecular weight excluding hydrogens is 257 g/mol. The molecular formula is C14H19F3O2. The van der Waals surface area contributed by atoms with Crippen LogP contribution in [0.1, 0.15) is 38.0 Å². The Morgan fingerprint density at radius 1 is 1.11 bits per heavy atom. The Bertz CT molecular complexity index is 421. The maximum absolute atomic E-state index is 12.9. The molecule has 1 N–H and O–H groups in total. The number of hydrogen-bond acceptors (Lipinski definition) is 2. The molecule has 0 bridgehead atoms. The van der Waals surface area contributed by atoms with Crippen molar-refractivity contribution < 1.29 is 23.0 Å². The van der Waals surface area contributed by atoms with Gasteiger partial charge < -0.3 is 9.84 Å². The van der Waals surface area contributed by atoms with E-state index in [1.165, 1.54) is 25.3 Å². The number of alkyl halides is 3. The third kappa shape index (κ3) is 3.70. The van der Waals surface area contributed by atoms with Crippen LogP contribution in [0.3, 0.4) is 0 Å². The van der Waals surface area contributed by atoms with Gasteiger partial charge in [0, 0.05) is 7.11 Å². The number of aliphatic hydroxyl groups excluding tert-OH is 1. The lowest BCUT2D eigenvalue weighted by atomic mass is 9.82. The van der Waals surface area contributed by atoms with Crippen LogP contribution in [0.15, 0.2) is 24.3 Å². The molecule has 5 heteroatoms. The third-order valence-corrected chi connectivity index (χ3v) is 2.98. The molecule has 2 nitrogen and oxygen atoms in total. The number of halogens is 3. The van der Waals surface area contributed by atoms with Gasteiger partial charge in [0.15, 0.2) is 0 Å². The normalized spacial score (nSPS) is 16.2. The first kappa shape index (κ1) is 16.0. The van der Waals surface area contributed by atoms with Crippen LogP contribution < -0.4 is 0 Å². The van der Waals surface area contributed by atoms with Gasteiger partial charge >= 0.3 is 6.18 Å². The molecule has 0 amide bonds. The Kier molecular flexibility index (Phi) is 4.63. The molecule has 0 saturated carbocycles. The monoisotopic (exact) mass is 276 g/mol. The maximum Gasteiger partial charge on any atom is 0.416 e. The molecule has 0 aromatic heterocycles. The van der Waals surface area contributed by atoms with Crippen LogP contribution >= 0.6 is 0 Å². The first-order chi connectivity index (χ1) is 8.59. The number of hydrogen-bond donors (Lipinski definition) is 1. The number of methoxy groups -OCH3 is 1. The molecule has 2 atom stereocenters. The lowest BCUT2D eigenvalue weighted by molar-refractivity contribution is -0.141. The van der Waals surface area contributed by atoms with Gasteiger partial charge in [0.2, 0.25) is 0 Å². The number of benzene rings is 1. The van der Waals surface area contributed by atoms with Crippen molar-refractivity contribution >= 4 is 0 Å². The molecule has 2 unspecified atom stereocenters. The van der Waals surface area contributed by atoms with Gasteiger partial charge in [-0.2, -0.15) is 13.2 Å². The highest BCUT2D eigenvalue weighted by atomic mass is 19.4. The summed E-state index contributed by atoms with van der Waals surface area (Å²) >= 11 is 0. The van der Waals surface area contributed by atoms with E-state index in [2.05, 4.69) is 0 Å². The van der Waals surface area contributed by atoms with Gasteiger partial charge in [0.1, 0.15) is 6.10 Å². The summed E-state index contributed by atoms with van der Waals surface area (Å²) in [6, 6.07) is 5.03. The Morgan fingerprint density at radius 2 is 1.63 bits per heavy atom. The van der Waals surface area contributed by atoms with E-state index in [1.54, 1.807) is 20.8 Å². The minimum absolute atomic E-state index is 0.156. The fourth-order valence-electron chi connectivity index (χ4n) is 2.13. The highest BCUT2D eigenvalue weighted by Crippen LogP contribution is 2.39. The molecule has 0 spiro atoms. The minimum atomic E-state index is -4.49. The Hall–Kier alpha value is -1.07. The van der Waals surface area contributed by atoms with E-state index >= 15 is 0 Å². The second kappa shape index (κ2) is 5.51. The number of rotatable bonds is 3. The molecule has 0 radical (unpaired) electrons. The quantitative estimate of drug-likeness (QED) is 0.910. The molecule has 0 saturated heterocycles. The Balaban J connectivity index is 3.23. The zero-order valence-electron chi connectivity index (χ0n) is 11.5. The molecule has 19 heavy (non-hydrogen) atoms. The summed E-state index contributed by atoms with van der Waals surface area (Å²) in [5.41, 5.74) is -1.46. The van der Waals surface area contributed by atoms with Crippen molar-refractivity contribution in [3.8, 4) is 0 Å². The van der Waals surface area contributed by atoms with Gasteiger partial charge in [0.25, 0.3) is 0 Å². The highest BCUT2D eigenvalue weighted by Gasteiger charge is 2.39. The molecule has 0 aliphatic carbocycles. The lowest BCUT2D eigenvalue weighted by Gasteiger charge is -2.34. The predicted molar refractivity (Wildman–Crippen MR) is 66.7 cm³/mol. The second-order valence-electron chi connectivity index (χ2n) is 5.55. The van der Waals surface area contributed by atoms with Crippen molar-refractivity contribution in [1.82, 2.24) is 0 Å². The average molecular weight is 276 g/mol. The van der Waals surface area contributed by atoms with Crippen molar-refractivity contribution in [2.45, 2.75) is 39.2 Å². The van der Waals surface area contributed by atoms with Crippen molar-refractivity contribution in [2.24, 2.45) is 5.41 Å². The summed E-state index contributed by atoms with van der Waals surface area (Å²) in [6.45, 7) is 5.42. The van der Waals surface area contributed by atoms with Crippen LogP contribution in [0.4, 0.5) is 13.2 Å². The molecule has 0 aliphatic rings. The summed E-state index contributed by atoms with van der Waals surface area (Å²) in [5.74, 6) is 0. The zero-order valence-corrected chi connectivity index (χ0v) is 11.5. The van der Waals surface area contributed by atoms with Gasteiger partial charge in [-0.3, -0.25) is 0 Å². The highest BCUT2D eigenvalue weighted by molar-refractivity contribution is 5.32. The Labute approximate surface area is 111 Å². The topological polar surface area (TPSA) is 29.5 Å². The molecule has 108 valence electrons. The predicted octanol–water partition coefficient (Wildman–Crippen LogP) is 3.80. The van der Waals surface area contributed by atoms with Crippen molar-refractivity contribution in [3.63, 3.8) is 0 Å². The van der Waals surface area contributed by atoms with Crippen LogP contribution in [0.25, 0.3) is 0 Å². The standard InChI is InChI=1S/C14H19F3O2/c1-13(2,3)12(19-4)11(18)9-7-5-6-8-10(9)14(15,16)17/h5-8,11-12,18H,1-4H3. The van der Waals surface area contributed by atoms with E-state index in [-0.39, 0.29) is 5.56 Å². The number of aliphatic hydroxyl groups is 1. The third-order valence-electron chi connectivity index (χ3n) is 2.98. The summed E-state index contributed by atoms with van der Waals surface area (Å²) in [5, 5.41) is 10.2. The first-order valence-corrected chi connectivity index (χ1v) is 5.96. The van der Waals surface area contributed by atoms with E-state index in [4.69, 9.17) is 4.74 Å². The zero-order chi connectivity index (χ0) is 14.8. The van der Waals surface area contributed by atoms with Crippen LogP contribution in [-0.4, -0.2) is 18.3 Å². The largest absolute Gasteiger partial charge is 0.416 e. The molecule has 1 aromatic rings. The molecule has 0 aliphatic heterocycles. The maximum atomic E-state index is 12.9. The average Bonchev–Trinajstić information content (AvgIpc) is 2.26. The van der Waals surface area contributed by atoms with Crippen LogP contribution in [-0.2, 0) is 10.9 Å². The van der Waals surface area contributed by atoms with Gasteiger partial charge in [0.05, 0.1) is 11.7 Å². The fourth-order valence-corrected chi connectivity index (χ4v) is 2.13.